The normalized spacial score (nSPS) is 31.3. The zero-order valence-corrected chi connectivity index (χ0v) is 28.5. The van der Waals surface area contributed by atoms with Crippen LogP contribution in [0.1, 0.15) is 58.3 Å². The van der Waals surface area contributed by atoms with Crippen LogP contribution in [0.2, 0.25) is 0 Å². The average Bonchev–Trinajstić information content (AvgIpc) is 3.27. The fraction of sp³-hybridized carbons (Fsp3) is 0.926. The molecule has 0 bridgehead atoms. The maximum Gasteiger partial charge on any atom is 0.472 e. The summed E-state index contributed by atoms with van der Waals surface area (Å²) in [5.41, 5.74) is 0. The summed E-state index contributed by atoms with van der Waals surface area (Å²) >= 11 is 5.35. The van der Waals surface area contributed by atoms with Gasteiger partial charge in [0.2, 0.25) is 5.91 Å². The fourth-order valence-electron chi connectivity index (χ4n) is 5.58. The molecule has 15 nitrogen and oxygen atoms in total. The molecule has 2 unspecified atom stereocenters. The van der Waals surface area contributed by atoms with Crippen molar-refractivity contribution in [3.63, 3.8) is 0 Å². The summed E-state index contributed by atoms with van der Waals surface area (Å²) in [5.74, 6) is -0.428. The van der Waals surface area contributed by atoms with Crippen molar-refractivity contribution in [3.05, 3.63) is 0 Å². The number of phosphoric ester groups is 1. The molecule has 2 aliphatic heterocycles. The molecule has 10 atom stereocenters. The standard InChI is InChI=1S/C27H53BN3O12PS/c1-17(33)31-21-23(35)22(34)19(15-32)42-26(21)40-14-10-9-13-30-27(45)29-12-8-6-4-5-7-11-18-24(43-44(36,37)39-3)20(16-38-2)41-25(18)28/h18-26,32,34-35H,4-16,28H2,1-3H3,(H,31,33)(H,36,37)(H2,29,30,45)/t18?,19-,20-,21-,22+,23-,24-,25-,26-/m1/s1. The van der Waals surface area contributed by atoms with Crippen molar-refractivity contribution < 1.29 is 57.6 Å². The molecular weight excluding hydrogens is 632 g/mol. The van der Waals surface area contributed by atoms with E-state index < -0.39 is 63.2 Å². The Morgan fingerprint density at radius 2 is 1.62 bits per heavy atom. The van der Waals surface area contributed by atoms with Crippen molar-refractivity contribution in [2.24, 2.45) is 5.92 Å². The number of rotatable bonds is 21. The lowest BCUT2D eigenvalue weighted by molar-refractivity contribution is -0.270. The molecule has 0 aromatic rings. The number of nitrogens with one attached hydrogen (secondary N) is 3. The van der Waals surface area contributed by atoms with Gasteiger partial charge in [-0.2, -0.15) is 0 Å². The molecule has 0 aromatic heterocycles. The van der Waals surface area contributed by atoms with Crippen LogP contribution in [0.15, 0.2) is 0 Å². The molecule has 7 N–H and O–H groups in total. The summed E-state index contributed by atoms with van der Waals surface area (Å²) < 4.78 is 44.5. The Bertz CT molecular complexity index is 930. The van der Waals surface area contributed by atoms with Gasteiger partial charge in [0.15, 0.2) is 11.4 Å². The van der Waals surface area contributed by atoms with Crippen molar-refractivity contribution in [3.8, 4) is 0 Å². The second kappa shape index (κ2) is 21.1. The molecule has 2 saturated heterocycles. The first-order valence-electron chi connectivity index (χ1n) is 15.7. The highest BCUT2D eigenvalue weighted by molar-refractivity contribution is 7.80. The number of carbonyl (C=O) groups excluding carboxylic acids is 1. The lowest BCUT2D eigenvalue weighted by atomic mass is 9.81. The van der Waals surface area contributed by atoms with Crippen molar-refractivity contribution in [2.75, 3.05) is 47.1 Å². The molecule has 262 valence electrons. The first-order valence-corrected chi connectivity index (χ1v) is 17.6. The van der Waals surface area contributed by atoms with E-state index in [-0.39, 0.29) is 25.1 Å². The van der Waals surface area contributed by atoms with Gasteiger partial charge in [-0.05, 0) is 37.9 Å². The fourth-order valence-corrected chi connectivity index (χ4v) is 6.47. The third kappa shape index (κ3) is 14.0. The van der Waals surface area contributed by atoms with E-state index in [2.05, 4.69) is 20.5 Å². The molecule has 0 aromatic carbocycles. The molecule has 0 aliphatic carbocycles. The van der Waals surface area contributed by atoms with E-state index in [1.165, 1.54) is 6.92 Å². The monoisotopic (exact) mass is 685 g/mol. The summed E-state index contributed by atoms with van der Waals surface area (Å²) in [7, 11) is 0.506. The van der Waals surface area contributed by atoms with E-state index in [4.69, 9.17) is 35.7 Å². The Balaban J connectivity index is 1.54. The minimum atomic E-state index is -4.15. The summed E-state index contributed by atoms with van der Waals surface area (Å²) in [4.78, 5) is 21.4. The van der Waals surface area contributed by atoms with Gasteiger partial charge in [0.1, 0.15) is 44.4 Å². The molecule has 2 rings (SSSR count). The van der Waals surface area contributed by atoms with Crippen LogP contribution < -0.4 is 16.0 Å². The molecule has 2 fully saturated rings. The highest BCUT2D eigenvalue weighted by atomic mass is 32.1. The first kappa shape index (κ1) is 40.2. The number of carbonyl (C=O) groups is 1. The number of hydrogen-bond donors (Lipinski definition) is 7. The number of unbranched alkanes of at least 4 members (excludes halogenated alkanes) is 5. The minimum absolute atomic E-state index is 0.0285. The highest BCUT2D eigenvalue weighted by Gasteiger charge is 2.46. The molecule has 0 spiro atoms. The maximum absolute atomic E-state index is 12.0. The zero-order valence-electron chi connectivity index (χ0n) is 26.8. The quantitative estimate of drug-likeness (QED) is 0.0345. The van der Waals surface area contributed by atoms with E-state index in [0.29, 0.717) is 18.1 Å². The number of methoxy groups -OCH3 is 1. The summed E-state index contributed by atoms with van der Waals surface area (Å²) in [6.45, 7) is 2.74. The van der Waals surface area contributed by atoms with Gasteiger partial charge in [0, 0.05) is 52.8 Å². The van der Waals surface area contributed by atoms with Gasteiger partial charge in [-0.15, -0.1) is 0 Å². The second-order valence-corrected chi connectivity index (χ2v) is 13.4. The van der Waals surface area contributed by atoms with Crippen LogP contribution in [0.3, 0.4) is 0 Å². The highest BCUT2D eigenvalue weighted by Crippen LogP contribution is 2.48. The summed E-state index contributed by atoms with van der Waals surface area (Å²) in [5, 5.41) is 39.3. The third-order valence-corrected chi connectivity index (χ3v) is 9.25. The molecule has 18 heteroatoms. The van der Waals surface area contributed by atoms with Gasteiger partial charge in [0.25, 0.3) is 0 Å². The van der Waals surface area contributed by atoms with Gasteiger partial charge in [-0.25, -0.2) is 4.57 Å². The van der Waals surface area contributed by atoms with Crippen molar-refractivity contribution in [1.82, 2.24) is 16.0 Å². The van der Waals surface area contributed by atoms with Crippen LogP contribution >= 0.6 is 20.0 Å². The van der Waals surface area contributed by atoms with Gasteiger partial charge >= 0.3 is 7.82 Å². The van der Waals surface area contributed by atoms with Crippen LogP contribution in [0, 0.1) is 5.92 Å². The van der Waals surface area contributed by atoms with Gasteiger partial charge in [-0.3, -0.25) is 13.8 Å². The van der Waals surface area contributed by atoms with E-state index >= 15 is 0 Å². The molecule has 0 radical (unpaired) electrons. The van der Waals surface area contributed by atoms with Gasteiger partial charge < -0.3 is 55.1 Å². The predicted molar refractivity (Wildman–Crippen MR) is 171 cm³/mol. The van der Waals surface area contributed by atoms with Gasteiger partial charge in [0.05, 0.1) is 13.2 Å². The Morgan fingerprint density at radius 1 is 0.978 bits per heavy atom. The van der Waals surface area contributed by atoms with Gasteiger partial charge in [-0.1, -0.05) is 25.7 Å². The first-order chi connectivity index (χ1) is 21.4. The summed E-state index contributed by atoms with van der Waals surface area (Å²) in [6, 6.07) is -1.07. The average molecular weight is 686 g/mol. The Hall–Kier alpha value is -0.945. The van der Waals surface area contributed by atoms with Crippen molar-refractivity contribution in [2.45, 2.75) is 107 Å². The maximum atomic E-state index is 12.0. The minimum Gasteiger partial charge on any atom is -0.394 e. The van der Waals surface area contributed by atoms with Crippen LogP contribution in [-0.4, -0.2) is 135 Å². The predicted octanol–water partition coefficient (Wildman–Crippen LogP) is -0.716. The number of hydrogen-bond acceptors (Lipinski definition) is 12. The van der Waals surface area contributed by atoms with E-state index in [1.807, 2.05) is 7.85 Å². The Labute approximate surface area is 272 Å². The number of thiocarbonyl (C=S) groups is 1. The SMILES string of the molecule is B[C@@H]1O[C@H](COC)[C@H](OP(=O)(O)OC)C1CCCCCCCNC(=S)NCCCCO[C@@H]1O[C@H](CO)[C@H](O)[C@H](O)[C@H]1NC(C)=O. The topological polar surface area (TPSA) is 207 Å². The molecule has 1 amide bonds. The van der Waals surface area contributed by atoms with Crippen LogP contribution in [0.4, 0.5) is 0 Å². The molecule has 2 aliphatic rings. The van der Waals surface area contributed by atoms with Crippen LogP contribution in [-0.2, 0) is 37.4 Å². The zero-order chi connectivity index (χ0) is 33.4. The van der Waals surface area contributed by atoms with E-state index in [1.54, 1.807) is 7.11 Å². The van der Waals surface area contributed by atoms with Crippen LogP contribution in [0.5, 0.6) is 0 Å². The number of amides is 1. The Kier molecular flexibility index (Phi) is 18.9. The number of phosphoric acid groups is 1. The Morgan fingerprint density at radius 3 is 2.24 bits per heavy atom. The second-order valence-electron chi connectivity index (χ2n) is 11.5. The summed E-state index contributed by atoms with van der Waals surface area (Å²) in [6.07, 6.45) is 1.56. The van der Waals surface area contributed by atoms with Crippen molar-refractivity contribution >= 4 is 38.9 Å². The third-order valence-electron chi connectivity index (χ3n) is 7.99. The van der Waals surface area contributed by atoms with E-state index in [9.17, 15) is 29.6 Å². The molecular formula is C27H53BN3O12PS. The van der Waals surface area contributed by atoms with E-state index in [0.717, 1.165) is 58.6 Å². The van der Waals surface area contributed by atoms with Crippen molar-refractivity contribution in [1.29, 1.82) is 0 Å². The smallest absolute Gasteiger partial charge is 0.394 e. The lowest BCUT2D eigenvalue weighted by Gasteiger charge is -2.42. The number of aliphatic hydroxyl groups excluding tert-OH is 3. The van der Waals surface area contributed by atoms with Crippen LogP contribution in [0.25, 0.3) is 0 Å². The lowest BCUT2D eigenvalue weighted by Crippen LogP contribution is -2.64. The number of ether oxygens (including phenoxy) is 4. The molecule has 45 heavy (non-hydrogen) atoms. The number of aliphatic hydroxyl groups is 3. The molecule has 2 heterocycles. The molecule has 0 saturated carbocycles. The largest absolute Gasteiger partial charge is 0.472 e.